The predicted molar refractivity (Wildman–Crippen MR) is 170 cm³/mol. The van der Waals surface area contributed by atoms with Crippen LogP contribution in [-0.4, -0.2) is 76.1 Å². The van der Waals surface area contributed by atoms with Crippen molar-refractivity contribution in [3.8, 4) is 0 Å². The number of piperazine rings is 1. The quantitative estimate of drug-likeness (QED) is 0.443. The van der Waals surface area contributed by atoms with Crippen molar-refractivity contribution in [2.45, 2.75) is 77.9 Å². The van der Waals surface area contributed by atoms with Crippen LogP contribution in [0.1, 0.15) is 91.6 Å². The fourth-order valence-electron chi connectivity index (χ4n) is 7.27. The Morgan fingerprint density at radius 3 is 2.47 bits per heavy atom. The number of piperidine rings is 1. The maximum absolute atomic E-state index is 15.4. The molecule has 1 unspecified atom stereocenters. The molecule has 2 aromatic rings. The molecular weight excluding hydrogens is 595 g/mol. The van der Waals surface area contributed by atoms with E-state index in [0.717, 1.165) is 36.9 Å². The lowest BCUT2D eigenvalue weighted by molar-refractivity contribution is -0.136. The van der Waals surface area contributed by atoms with Gasteiger partial charge in [-0.2, -0.15) is 0 Å². The van der Waals surface area contributed by atoms with E-state index < -0.39 is 29.6 Å². The van der Waals surface area contributed by atoms with Crippen molar-refractivity contribution < 1.29 is 23.6 Å². The number of amides is 4. The summed E-state index contributed by atoms with van der Waals surface area (Å²) in [7, 11) is 0. The summed E-state index contributed by atoms with van der Waals surface area (Å²) >= 11 is 6.19. The van der Waals surface area contributed by atoms with E-state index in [1.165, 1.54) is 27.7 Å². The van der Waals surface area contributed by atoms with Gasteiger partial charge in [0.05, 0.1) is 5.56 Å². The summed E-state index contributed by atoms with van der Waals surface area (Å²) in [6.45, 7) is 11.3. The lowest BCUT2D eigenvalue weighted by atomic mass is 9.72. The zero-order valence-electron chi connectivity index (χ0n) is 26.3. The van der Waals surface area contributed by atoms with Crippen LogP contribution in [0.4, 0.5) is 4.39 Å². The van der Waals surface area contributed by atoms with Gasteiger partial charge in [-0.15, -0.1) is 0 Å². The van der Waals surface area contributed by atoms with Crippen LogP contribution in [0.3, 0.4) is 0 Å². The number of carbonyl (C=O) groups excluding carboxylic acids is 4. The molecule has 8 nitrogen and oxygen atoms in total. The van der Waals surface area contributed by atoms with Crippen LogP contribution in [0, 0.1) is 11.2 Å². The standard InChI is InChI=1S/C35H40ClFN4O4/c1-34(2)12-11-22(27(17-34)21-5-7-24(36)8-6-21)18-40-14-13-39(20-35(40,3)4)32(44)26-15-23-19-41(33(45)25(23)16-28(26)37)29-9-10-30(42)38-31(29)43/h5-8,15-16,29H,9-14,17-20H2,1-4H3,(H,38,42,43). The van der Waals surface area contributed by atoms with Gasteiger partial charge in [0.2, 0.25) is 11.8 Å². The summed E-state index contributed by atoms with van der Waals surface area (Å²) in [6.07, 6.45) is 3.46. The highest BCUT2D eigenvalue weighted by Crippen LogP contribution is 2.44. The monoisotopic (exact) mass is 634 g/mol. The number of nitrogens with one attached hydrogen (secondary N) is 1. The van der Waals surface area contributed by atoms with Crippen LogP contribution < -0.4 is 5.32 Å². The summed E-state index contributed by atoms with van der Waals surface area (Å²) in [4.78, 5) is 56.3. The number of allylic oxidation sites excluding steroid dienone is 1. The van der Waals surface area contributed by atoms with Crippen LogP contribution in [0.2, 0.25) is 5.02 Å². The molecule has 2 fully saturated rings. The smallest absolute Gasteiger partial charge is 0.256 e. The first-order chi connectivity index (χ1) is 21.2. The minimum Gasteiger partial charge on any atom is -0.335 e. The molecule has 0 aromatic heterocycles. The zero-order chi connectivity index (χ0) is 32.3. The normalized spacial score (nSPS) is 23.3. The summed E-state index contributed by atoms with van der Waals surface area (Å²) in [5.41, 5.74) is 4.44. The highest BCUT2D eigenvalue weighted by molar-refractivity contribution is 6.30. The third kappa shape index (κ3) is 6.17. The predicted octanol–water partition coefficient (Wildman–Crippen LogP) is 5.44. The van der Waals surface area contributed by atoms with Gasteiger partial charge in [-0.3, -0.25) is 29.4 Å². The maximum Gasteiger partial charge on any atom is 0.256 e. The summed E-state index contributed by atoms with van der Waals surface area (Å²) < 4.78 is 15.4. The van der Waals surface area contributed by atoms with E-state index in [2.05, 4.69) is 50.0 Å². The topological polar surface area (TPSA) is 90.0 Å². The average molecular weight is 635 g/mol. The molecule has 1 aliphatic carbocycles. The Bertz CT molecular complexity index is 1620. The first-order valence-electron chi connectivity index (χ1n) is 15.7. The Labute approximate surface area is 268 Å². The highest BCUT2D eigenvalue weighted by Gasteiger charge is 2.41. The Kier molecular flexibility index (Phi) is 8.14. The molecule has 0 saturated carbocycles. The van der Waals surface area contributed by atoms with Crippen molar-refractivity contribution in [1.82, 2.24) is 20.0 Å². The van der Waals surface area contributed by atoms with Gasteiger partial charge in [0.25, 0.3) is 11.8 Å². The largest absolute Gasteiger partial charge is 0.335 e. The van der Waals surface area contributed by atoms with E-state index in [9.17, 15) is 19.2 Å². The van der Waals surface area contributed by atoms with E-state index >= 15 is 4.39 Å². The van der Waals surface area contributed by atoms with Crippen molar-refractivity contribution in [2.75, 3.05) is 26.2 Å². The van der Waals surface area contributed by atoms with E-state index in [0.29, 0.717) is 25.2 Å². The van der Waals surface area contributed by atoms with Crippen molar-refractivity contribution in [3.63, 3.8) is 0 Å². The van der Waals surface area contributed by atoms with Crippen LogP contribution in [0.5, 0.6) is 0 Å². The Hall–Kier alpha value is -3.56. The zero-order valence-corrected chi connectivity index (χ0v) is 27.1. The number of nitrogens with zero attached hydrogens (tertiary/aromatic N) is 3. The molecule has 1 N–H and O–H groups in total. The molecule has 3 aliphatic heterocycles. The van der Waals surface area contributed by atoms with Crippen LogP contribution in [0.25, 0.3) is 5.57 Å². The second-order valence-corrected chi connectivity index (χ2v) is 14.7. The van der Waals surface area contributed by atoms with Crippen molar-refractivity contribution >= 4 is 40.8 Å². The molecule has 0 spiro atoms. The third-order valence-corrected chi connectivity index (χ3v) is 10.2. The van der Waals surface area contributed by atoms with Crippen LogP contribution >= 0.6 is 11.6 Å². The van der Waals surface area contributed by atoms with Gasteiger partial charge in [-0.25, -0.2) is 4.39 Å². The maximum atomic E-state index is 15.4. The van der Waals surface area contributed by atoms with Crippen LogP contribution in [-0.2, 0) is 16.1 Å². The third-order valence-electron chi connectivity index (χ3n) is 9.96. The second-order valence-electron chi connectivity index (χ2n) is 14.3. The number of benzene rings is 2. The molecule has 10 heteroatoms. The Morgan fingerprint density at radius 2 is 1.78 bits per heavy atom. The number of imide groups is 1. The van der Waals surface area contributed by atoms with Gasteiger partial charge < -0.3 is 9.80 Å². The number of halogens is 2. The SMILES string of the molecule is CC1(C)CCC(CN2CCN(C(=O)c3cc4c(cc3F)C(=O)N(C3CCC(=O)NC3=O)C4)CC2(C)C)=C(c2ccc(Cl)cc2)C1. The molecule has 4 amide bonds. The molecule has 6 rings (SSSR count). The fourth-order valence-corrected chi connectivity index (χ4v) is 7.40. The van der Waals surface area contributed by atoms with Gasteiger partial charge in [0.1, 0.15) is 11.9 Å². The van der Waals surface area contributed by atoms with E-state index in [4.69, 9.17) is 11.6 Å². The minimum absolute atomic E-state index is 0.0711. The molecule has 2 saturated heterocycles. The van der Waals surface area contributed by atoms with Crippen molar-refractivity contribution in [2.24, 2.45) is 5.41 Å². The minimum atomic E-state index is -0.802. The molecular formula is C35H40ClFN4O4. The first kappa shape index (κ1) is 31.4. The van der Waals surface area contributed by atoms with E-state index in [1.807, 2.05) is 12.1 Å². The first-order valence-corrected chi connectivity index (χ1v) is 16.1. The molecule has 0 bridgehead atoms. The van der Waals surface area contributed by atoms with Crippen LogP contribution in [0.15, 0.2) is 42.0 Å². The molecule has 0 radical (unpaired) electrons. The average Bonchev–Trinajstić information content (AvgIpc) is 3.28. The van der Waals surface area contributed by atoms with Gasteiger partial charge in [-0.1, -0.05) is 43.2 Å². The Morgan fingerprint density at radius 1 is 1.04 bits per heavy atom. The van der Waals surface area contributed by atoms with Gasteiger partial charge in [0.15, 0.2) is 0 Å². The van der Waals surface area contributed by atoms with Crippen molar-refractivity contribution in [3.05, 3.63) is 75.1 Å². The molecule has 238 valence electrons. The number of rotatable bonds is 5. The summed E-state index contributed by atoms with van der Waals surface area (Å²) in [6, 6.07) is 9.86. The lowest BCUT2D eigenvalue weighted by Crippen LogP contribution is -2.60. The molecule has 4 aliphatic rings. The highest BCUT2D eigenvalue weighted by atomic mass is 35.5. The Balaban J connectivity index is 1.18. The van der Waals surface area contributed by atoms with E-state index in [-0.39, 0.29) is 47.4 Å². The lowest BCUT2D eigenvalue weighted by Gasteiger charge is -2.48. The number of hydrogen-bond acceptors (Lipinski definition) is 5. The number of fused-ring (bicyclic) bond motifs is 1. The van der Waals surface area contributed by atoms with Gasteiger partial charge in [0, 0.05) is 55.3 Å². The van der Waals surface area contributed by atoms with E-state index in [1.54, 1.807) is 4.90 Å². The van der Waals surface area contributed by atoms with Gasteiger partial charge in [-0.05, 0) is 85.9 Å². The number of hydrogen-bond donors (Lipinski definition) is 1. The number of carbonyl (C=O) groups is 4. The molecule has 3 heterocycles. The molecule has 1 atom stereocenters. The fraction of sp³-hybridized carbons (Fsp3) is 0.486. The second kappa shape index (κ2) is 11.7. The van der Waals surface area contributed by atoms with Crippen molar-refractivity contribution in [1.29, 1.82) is 0 Å². The summed E-state index contributed by atoms with van der Waals surface area (Å²) in [5.74, 6) is -2.53. The van der Waals surface area contributed by atoms with Gasteiger partial charge >= 0.3 is 0 Å². The summed E-state index contributed by atoms with van der Waals surface area (Å²) in [5, 5.41) is 2.99. The molecule has 45 heavy (non-hydrogen) atoms. The molecule has 2 aromatic carbocycles.